The van der Waals surface area contributed by atoms with Gasteiger partial charge in [-0.1, -0.05) is 29.6 Å². The maximum absolute atomic E-state index is 12.8. The molecule has 4 N–H and O–H groups in total. The van der Waals surface area contributed by atoms with E-state index in [1.54, 1.807) is 0 Å². The van der Waals surface area contributed by atoms with Gasteiger partial charge in [0.05, 0.1) is 35.6 Å². The SMILES string of the molecule is COc1cc(N)c(Cl)cc1C(=O)OCCN1CCN(C(=O)CCCCCC(=O)N2CCN(CCOC(=O)c3cc(Cl)c(N)cc3OC)CC2)CC1. The van der Waals surface area contributed by atoms with E-state index < -0.39 is 11.9 Å². The number of nitrogen functional groups attached to an aromatic ring is 2. The van der Waals surface area contributed by atoms with Crippen LogP contribution in [0.25, 0.3) is 0 Å². The Morgan fingerprint density at radius 2 is 0.980 bits per heavy atom. The molecule has 51 heavy (non-hydrogen) atoms. The summed E-state index contributed by atoms with van der Waals surface area (Å²) in [5.74, 6) is -0.227. The van der Waals surface area contributed by atoms with Crippen molar-refractivity contribution in [1.29, 1.82) is 0 Å². The molecule has 14 nitrogen and oxygen atoms in total. The summed E-state index contributed by atoms with van der Waals surface area (Å²) in [6.07, 6.45) is 3.20. The fraction of sp³-hybridized carbons (Fsp3) is 0.543. The van der Waals surface area contributed by atoms with Gasteiger partial charge in [0.2, 0.25) is 11.8 Å². The normalized spacial score (nSPS) is 15.4. The summed E-state index contributed by atoms with van der Waals surface area (Å²) in [6, 6.07) is 5.86. The Kier molecular flexibility index (Phi) is 15.3. The number of benzene rings is 2. The number of carbonyl (C=O) groups is 4. The van der Waals surface area contributed by atoms with Crippen LogP contribution in [0.4, 0.5) is 11.4 Å². The minimum atomic E-state index is -0.538. The molecule has 0 aromatic heterocycles. The molecule has 2 heterocycles. The predicted octanol–water partition coefficient (Wildman–Crippen LogP) is 3.43. The van der Waals surface area contributed by atoms with Gasteiger partial charge < -0.3 is 40.2 Å². The van der Waals surface area contributed by atoms with Crippen molar-refractivity contribution in [2.75, 3.05) is 104 Å². The van der Waals surface area contributed by atoms with E-state index in [2.05, 4.69) is 9.80 Å². The zero-order valence-corrected chi connectivity index (χ0v) is 30.8. The summed E-state index contributed by atoms with van der Waals surface area (Å²) in [5.41, 5.74) is 12.6. The number of esters is 2. The van der Waals surface area contributed by atoms with Crippen LogP contribution in [-0.2, 0) is 19.1 Å². The second kappa shape index (κ2) is 19.6. The van der Waals surface area contributed by atoms with Crippen molar-refractivity contribution in [1.82, 2.24) is 19.6 Å². The van der Waals surface area contributed by atoms with Crippen molar-refractivity contribution in [3.63, 3.8) is 0 Å². The largest absolute Gasteiger partial charge is 0.496 e. The van der Waals surface area contributed by atoms with Crippen molar-refractivity contribution in [3.8, 4) is 11.5 Å². The van der Waals surface area contributed by atoms with Crippen molar-refractivity contribution in [3.05, 3.63) is 45.4 Å². The molecule has 4 rings (SSSR count). The highest BCUT2D eigenvalue weighted by Gasteiger charge is 2.24. The maximum Gasteiger partial charge on any atom is 0.342 e. The van der Waals surface area contributed by atoms with Crippen LogP contribution in [-0.4, -0.2) is 136 Å². The average molecular weight is 752 g/mol. The van der Waals surface area contributed by atoms with Gasteiger partial charge in [0.25, 0.3) is 0 Å². The third kappa shape index (κ3) is 11.5. The van der Waals surface area contributed by atoms with E-state index in [4.69, 9.17) is 53.6 Å². The standard InChI is InChI=1S/C35H48Cl2N6O8/c1-48-30-22-28(38)26(36)20-24(30)34(46)50-18-16-40-8-12-42(13-9-40)32(44)6-4-3-5-7-33(45)43-14-10-41(11-15-43)17-19-51-35(47)25-21-27(37)29(39)23-31(25)49-2/h20-23H,3-19,38-39H2,1-2H3. The Labute approximate surface area is 308 Å². The number of ether oxygens (including phenoxy) is 4. The highest BCUT2D eigenvalue weighted by atomic mass is 35.5. The molecule has 16 heteroatoms. The summed E-state index contributed by atoms with van der Waals surface area (Å²) < 4.78 is 21.3. The number of piperazine rings is 2. The summed E-state index contributed by atoms with van der Waals surface area (Å²) in [7, 11) is 2.89. The van der Waals surface area contributed by atoms with E-state index in [0.717, 1.165) is 19.3 Å². The number of hydrogen-bond acceptors (Lipinski definition) is 12. The van der Waals surface area contributed by atoms with Crippen molar-refractivity contribution < 1.29 is 38.1 Å². The number of carbonyl (C=O) groups excluding carboxylic acids is 4. The smallest absolute Gasteiger partial charge is 0.342 e. The van der Waals surface area contributed by atoms with Crippen molar-refractivity contribution >= 4 is 58.3 Å². The zero-order chi connectivity index (χ0) is 36.9. The molecule has 2 aliphatic heterocycles. The monoisotopic (exact) mass is 750 g/mol. The van der Waals surface area contributed by atoms with Gasteiger partial charge in [0.15, 0.2) is 0 Å². The van der Waals surface area contributed by atoms with Gasteiger partial charge in [0.1, 0.15) is 35.8 Å². The first-order chi connectivity index (χ1) is 24.5. The Morgan fingerprint density at radius 1 is 0.608 bits per heavy atom. The van der Waals surface area contributed by atoms with E-state index in [9.17, 15) is 19.2 Å². The van der Waals surface area contributed by atoms with Crippen LogP contribution < -0.4 is 20.9 Å². The molecule has 2 fully saturated rings. The Balaban J connectivity index is 1.02. The number of unbranched alkanes of at least 4 members (excludes halogenated alkanes) is 2. The number of rotatable bonds is 16. The van der Waals surface area contributed by atoms with Crippen LogP contribution in [0.3, 0.4) is 0 Å². The first kappa shape index (κ1) is 39.8. The molecular formula is C35H48Cl2N6O8. The minimum Gasteiger partial charge on any atom is -0.496 e. The molecule has 0 atom stereocenters. The summed E-state index contributed by atoms with van der Waals surface area (Å²) in [5, 5.41) is 0.507. The zero-order valence-electron chi connectivity index (χ0n) is 29.3. The molecule has 2 aromatic carbocycles. The van der Waals surface area contributed by atoms with Gasteiger partial charge in [-0.15, -0.1) is 0 Å². The fourth-order valence-corrected chi connectivity index (χ4v) is 6.30. The second-order valence-corrected chi connectivity index (χ2v) is 13.2. The van der Waals surface area contributed by atoms with Crippen LogP contribution in [0.2, 0.25) is 10.0 Å². The predicted molar refractivity (Wildman–Crippen MR) is 195 cm³/mol. The number of halogens is 2. The Bertz CT molecular complexity index is 1420. The number of nitrogens with two attached hydrogens (primary N) is 2. The molecule has 2 amide bonds. The Morgan fingerprint density at radius 3 is 1.33 bits per heavy atom. The molecule has 0 spiro atoms. The molecule has 0 saturated carbocycles. The first-order valence-corrected chi connectivity index (χ1v) is 17.9. The molecule has 280 valence electrons. The van der Waals surface area contributed by atoms with E-state index in [1.165, 1.54) is 38.5 Å². The van der Waals surface area contributed by atoms with E-state index in [1.807, 2.05) is 9.80 Å². The maximum atomic E-state index is 12.8. The summed E-state index contributed by atoms with van der Waals surface area (Å²) >= 11 is 12.1. The van der Waals surface area contributed by atoms with Crippen LogP contribution >= 0.6 is 23.2 Å². The van der Waals surface area contributed by atoms with Gasteiger partial charge in [-0.25, -0.2) is 9.59 Å². The topological polar surface area (TPSA) is 170 Å². The second-order valence-electron chi connectivity index (χ2n) is 12.4. The third-order valence-electron chi connectivity index (χ3n) is 9.09. The fourth-order valence-electron chi connectivity index (χ4n) is 5.97. The molecule has 0 radical (unpaired) electrons. The van der Waals surface area contributed by atoms with E-state index in [-0.39, 0.29) is 46.2 Å². The van der Waals surface area contributed by atoms with E-state index in [0.29, 0.717) is 101 Å². The molecule has 0 aliphatic carbocycles. The van der Waals surface area contributed by atoms with Gasteiger partial charge >= 0.3 is 11.9 Å². The lowest BCUT2D eigenvalue weighted by molar-refractivity contribution is -0.133. The molecule has 0 bridgehead atoms. The number of amides is 2. The molecule has 2 saturated heterocycles. The summed E-state index contributed by atoms with van der Waals surface area (Å²) in [6.45, 7) is 6.75. The number of nitrogens with zero attached hydrogens (tertiary/aromatic N) is 4. The van der Waals surface area contributed by atoms with Gasteiger partial charge in [-0.05, 0) is 25.0 Å². The van der Waals surface area contributed by atoms with Crippen LogP contribution in [0.5, 0.6) is 11.5 Å². The first-order valence-electron chi connectivity index (χ1n) is 17.1. The van der Waals surface area contributed by atoms with Gasteiger partial charge in [0, 0.05) is 90.4 Å². The van der Waals surface area contributed by atoms with Crippen LogP contribution in [0, 0.1) is 0 Å². The van der Waals surface area contributed by atoms with Crippen molar-refractivity contribution in [2.45, 2.75) is 32.1 Å². The molecule has 2 aliphatic rings. The van der Waals surface area contributed by atoms with Crippen LogP contribution in [0.1, 0.15) is 52.8 Å². The van der Waals surface area contributed by atoms with Crippen molar-refractivity contribution in [2.24, 2.45) is 0 Å². The molecule has 2 aromatic rings. The number of hydrogen-bond donors (Lipinski definition) is 2. The lowest BCUT2D eigenvalue weighted by Gasteiger charge is -2.34. The van der Waals surface area contributed by atoms with E-state index >= 15 is 0 Å². The van der Waals surface area contributed by atoms with Crippen LogP contribution in [0.15, 0.2) is 24.3 Å². The summed E-state index contributed by atoms with van der Waals surface area (Å²) in [4.78, 5) is 58.7. The lowest BCUT2D eigenvalue weighted by Crippen LogP contribution is -2.49. The number of anilines is 2. The van der Waals surface area contributed by atoms with Gasteiger partial charge in [-0.2, -0.15) is 0 Å². The lowest BCUT2D eigenvalue weighted by atomic mass is 10.1. The van der Waals surface area contributed by atoms with Gasteiger partial charge in [-0.3, -0.25) is 19.4 Å². The third-order valence-corrected chi connectivity index (χ3v) is 9.74. The molecule has 0 unspecified atom stereocenters. The highest BCUT2D eigenvalue weighted by Crippen LogP contribution is 2.30. The quantitative estimate of drug-likeness (QED) is 0.146. The Hall–Kier alpha value is -3.98. The molecular weight excluding hydrogens is 703 g/mol. The average Bonchev–Trinajstić information content (AvgIpc) is 3.13. The minimum absolute atomic E-state index is 0.123. The highest BCUT2D eigenvalue weighted by molar-refractivity contribution is 6.34. The number of methoxy groups -OCH3 is 2.